The van der Waals surface area contributed by atoms with Gasteiger partial charge < -0.3 is 15.2 Å². The van der Waals surface area contributed by atoms with Crippen molar-refractivity contribution in [3.63, 3.8) is 0 Å². The molecule has 1 fully saturated rings. The van der Waals surface area contributed by atoms with Gasteiger partial charge in [0.2, 0.25) is 0 Å². The van der Waals surface area contributed by atoms with Gasteiger partial charge in [0.1, 0.15) is 0 Å². The molecule has 0 bridgehead atoms. The summed E-state index contributed by atoms with van der Waals surface area (Å²) in [6.45, 7) is 3.37. The SMILES string of the molecule is c1cc2c3c(ccc2[nH]1)CC1CNCCN31. The molecule has 2 aromatic rings. The number of aromatic amines is 1. The fourth-order valence-corrected chi connectivity index (χ4v) is 3.16. The first kappa shape index (κ1) is 8.65. The van der Waals surface area contributed by atoms with Crippen molar-refractivity contribution in [1.29, 1.82) is 0 Å². The first-order valence-corrected chi connectivity index (χ1v) is 6.00. The normalized spacial score (nSPS) is 23.5. The van der Waals surface area contributed by atoms with Crippen molar-refractivity contribution in [3.8, 4) is 0 Å². The van der Waals surface area contributed by atoms with Gasteiger partial charge in [0.25, 0.3) is 0 Å². The first-order chi connectivity index (χ1) is 7.93. The average Bonchev–Trinajstić information content (AvgIpc) is 2.91. The smallest absolute Gasteiger partial charge is 0.0498 e. The highest BCUT2D eigenvalue weighted by molar-refractivity contribution is 5.95. The van der Waals surface area contributed by atoms with E-state index in [9.17, 15) is 0 Å². The quantitative estimate of drug-likeness (QED) is 0.695. The molecule has 1 saturated heterocycles. The second-order valence-corrected chi connectivity index (χ2v) is 4.77. The molecule has 0 amide bonds. The van der Waals surface area contributed by atoms with Crippen molar-refractivity contribution < 1.29 is 0 Å². The summed E-state index contributed by atoms with van der Waals surface area (Å²) in [7, 11) is 0. The third kappa shape index (κ3) is 1.01. The lowest BCUT2D eigenvalue weighted by Crippen LogP contribution is -2.49. The van der Waals surface area contributed by atoms with E-state index in [4.69, 9.17) is 0 Å². The largest absolute Gasteiger partial charge is 0.365 e. The van der Waals surface area contributed by atoms with Crippen LogP contribution >= 0.6 is 0 Å². The van der Waals surface area contributed by atoms with Crippen LogP contribution in [0.25, 0.3) is 10.9 Å². The standard InChI is InChI=1S/C13H15N3/c1-2-12-11(3-4-15-12)13-9(1)7-10-8-14-5-6-16(10)13/h1-4,10,14-15H,5-8H2. The monoisotopic (exact) mass is 213 g/mol. The highest BCUT2D eigenvalue weighted by atomic mass is 15.2. The molecule has 16 heavy (non-hydrogen) atoms. The number of H-pyrrole nitrogens is 1. The molecule has 0 saturated carbocycles. The van der Waals surface area contributed by atoms with E-state index in [1.165, 1.54) is 28.6 Å². The minimum atomic E-state index is 0.671. The Morgan fingerprint density at radius 3 is 3.25 bits per heavy atom. The molecule has 82 valence electrons. The highest BCUT2D eigenvalue weighted by Gasteiger charge is 2.32. The van der Waals surface area contributed by atoms with Crippen molar-refractivity contribution in [2.45, 2.75) is 12.5 Å². The fourth-order valence-electron chi connectivity index (χ4n) is 3.16. The highest BCUT2D eigenvalue weighted by Crippen LogP contribution is 2.38. The average molecular weight is 213 g/mol. The number of fused-ring (bicyclic) bond motifs is 5. The minimum absolute atomic E-state index is 0.671. The number of benzene rings is 1. The summed E-state index contributed by atoms with van der Waals surface area (Å²) in [5.74, 6) is 0. The number of rotatable bonds is 0. The van der Waals surface area contributed by atoms with Crippen LogP contribution in [-0.2, 0) is 6.42 Å². The lowest BCUT2D eigenvalue weighted by Gasteiger charge is -2.32. The molecule has 0 aliphatic carbocycles. The number of piperazine rings is 1. The second kappa shape index (κ2) is 3.01. The third-order valence-corrected chi connectivity index (χ3v) is 3.88. The Bertz CT molecular complexity index is 543. The van der Waals surface area contributed by atoms with Gasteiger partial charge in [0.15, 0.2) is 0 Å². The molecule has 3 nitrogen and oxygen atoms in total. The van der Waals surface area contributed by atoms with Gasteiger partial charge in [-0.2, -0.15) is 0 Å². The first-order valence-electron chi connectivity index (χ1n) is 6.00. The van der Waals surface area contributed by atoms with Gasteiger partial charge >= 0.3 is 0 Å². The maximum Gasteiger partial charge on any atom is 0.0498 e. The molecule has 0 spiro atoms. The number of nitrogens with one attached hydrogen (secondary N) is 2. The van der Waals surface area contributed by atoms with E-state index in [1.807, 2.05) is 6.20 Å². The molecular weight excluding hydrogens is 198 g/mol. The van der Waals surface area contributed by atoms with Crippen molar-refractivity contribution in [1.82, 2.24) is 10.3 Å². The molecule has 3 heteroatoms. The van der Waals surface area contributed by atoms with Crippen LogP contribution in [0, 0.1) is 0 Å². The lowest BCUT2D eigenvalue weighted by molar-refractivity contribution is 0.495. The Hall–Kier alpha value is -1.48. The maximum atomic E-state index is 3.48. The number of nitrogens with zero attached hydrogens (tertiary/aromatic N) is 1. The fraction of sp³-hybridized carbons (Fsp3) is 0.385. The Balaban J connectivity index is 1.95. The summed E-state index contributed by atoms with van der Waals surface area (Å²) in [6, 6.07) is 7.37. The number of hydrogen-bond donors (Lipinski definition) is 2. The van der Waals surface area contributed by atoms with Gasteiger partial charge in [-0.05, 0) is 24.1 Å². The molecule has 1 aromatic heterocycles. The van der Waals surface area contributed by atoms with Gasteiger partial charge in [-0.15, -0.1) is 0 Å². The zero-order valence-electron chi connectivity index (χ0n) is 9.16. The molecule has 1 atom stereocenters. The summed E-state index contributed by atoms with van der Waals surface area (Å²) in [5, 5.41) is 4.87. The molecule has 1 unspecified atom stereocenters. The van der Waals surface area contributed by atoms with Gasteiger partial charge in [-0.25, -0.2) is 0 Å². The molecule has 2 N–H and O–H groups in total. The number of hydrogen-bond acceptors (Lipinski definition) is 2. The molecule has 0 radical (unpaired) electrons. The van der Waals surface area contributed by atoms with Crippen LogP contribution in [0.2, 0.25) is 0 Å². The van der Waals surface area contributed by atoms with Gasteiger partial charge in [-0.3, -0.25) is 0 Å². The third-order valence-electron chi connectivity index (χ3n) is 3.88. The van der Waals surface area contributed by atoms with Crippen molar-refractivity contribution in [2.24, 2.45) is 0 Å². The summed E-state index contributed by atoms with van der Waals surface area (Å²) in [6.07, 6.45) is 3.24. The Morgan fingerprint density at radius 2 is 2.25 bits per heavy atom. The van der Waals surface area contributed by atoms with Crippen LogP contribution in [0.4, 0.5) is 5.69 Å². The van der Waals surface area contributed by atoms with E-state index in [1.54, 1.807) is 0 Å². The summed E-state index contributed by atoms with van der Waals surface area (Å²) >= 11 is 0. The zero-order chi connectivity index (χ0) is 10.5. The van der Waals surface area contributed by atoms with E-state index >= 15 is 0 Å². The second-order valence-electron chi connectivity index (χ2n) is 4.77. The van der Waals surface area contributed by atoms with E-state index < -0.39 is 0 Å². The van der Waals surface area contributed by atoms with E-state index in [0.29, 0.717) is 6.04 Å². The van der Waals surface area contributed by atoms with Crippen LogP contribution in [0.15, 0.2) is 24.4 Å². The van der Waals surface area contributed by atoms with E-state index in [-0.39, 0.29) is 0 Å². The van der Waals surface area contributed by atoms with Crippen molar-refractivity contribution in [2.75, 3.05) is 24.5 Å². The molecule has 2 aliphatic heterocycles. The predicted molar refractivity (Wildman–Crippen MR) is 66.0 cm³/mol. The number of aromatic nitrogens is 1. The number of anilines is 1. The van der Waals surface area contributed by atoms with E-state index in [0.717, 1.165) is 19.6 Å². The summed E-state index contributed by atoms with van der Waals surface area (Å²) < 4.78 is 0. The molecule has 2 aliphatic rings. The zero-order valence-corrected chi connectivity index (χ0v) is 9.16. The Labute approximate surface area is 94.4 Å². The van der Waals surface area contributed by atoms with Crippen LogP contribution < -0.4 is 10.2 Å². The Kier molecular flexibility index (Phi) is 1.63. The van der Waals surface area contributed by atoms with Gasteiger partial charge in [0.05, 0.1) is 0 Å². The van der Waals surface area contributed by atoms with E-state index in [2.05, 4.69) is 33.4 Å². The topological polar surface area (TPSA) is 31.1 Å². The minimum Gasteiger partial charge on any atom is -0.365 e. The van der Waals surface area contributed by atoms with Gasteiger partial charge in [0, 0.05) is 48.5 Å². The maximum absolute atomic E-state index is 3.48. The summed E-state index contributed by atoms with van der Waals surface area (Å²) in [5.41, 5.74) is 4.25. The van der Waals surface area contributed by atoms with Crippen molar-refractivity contribution >= 4 is 16.6 Å². The van der Waals surface area contributed by atoms with Crippen LogP contribution in [0.1, 0.15) is 5.56 Å². The lowest BCUT2D eigenvalue weighted by atomic mass is 10.1. The van der Waals surface area contributed by atoms with Crippen molar-refractivity contribution in [3.05, 3.63) is 30.0 Å². The predicted octanol–water partition coefficient (Wildman–Crippen LogP) is 1.50. The molecule has 4 rings (SSSR count). The van der Waals surface area contributed by atoms with Crippen LogP contribution in [-0.4, -0.2) is 30.7 Å². The van der Waals surface area contributed by atoms with Crippen LogP contribution in [0.5, 0.6) is 0 Å². The summed E-state index contributed by atoms with van der Waals surface area (Å²) in [4.78, 5) is 5.89. The van der Waals surface area contributed by atoms with Gasteiger partial charge in [-0.1, -0.05) is 6.07 Å². The van der Waals surface area contributed by atoms with Crippen LogP contribution in [0.3, 0.4) is 0 Å². The molecule has 3 heterocycles. The Morgan fingerprint density at radius 1 is 1.25 bits per heavy atom. The molecular formula is C13H15N3. The molecule has 1 aromatic carbocycles.